The molecule has 1 aliphatic rings. The molecule has 0 saturated carbocycles. The summed E-state index contributed by atoms with van der Waals surface area (Å²) in [6.07, 6.45) is -3.29. The second-order valence-electron chi connectivity index (χ2n) is 9.25. The van der Waals surface area contributed by atoms with Gasteiger partial charge in [0, 0.05) is 35.8 Å². The van der Waals surface area contributed by atoms with E-state index < -0.39 is 31.2 Å². The van der Waals surface area contributed by atoms with Gasteiger partial charge in [-0.2, -0.15) is 13.2 Å². The minimum absolute atomic E-state index is 0.170. The number of nitrogens with zero attached hydrogens (tertiary/aromatic N) is 1. The highest BCUT2D eigenvalue weighted by molar-refractivity contribution is 6.08. The molecule has 0 bridgehead atoms. The number of anilines is 1. The number of carbonyl (C=O) groups is 3. The maximum atomic E-state index is 13.2. The number of hydrogen-bond acceptors (Lipinski definition) is 5. The molecule has 2 heterocycles. The Labute approximate surface area is 222 Å². The van der Waals surface area contributed by atoms with Crippen molar-refractivity contribution >= 4 is 34.3 Å². The summed E-state index contributed by atoms with van der Waals surface area (Å²) >= 11 is 0. The van der Waals surface area contributed by atoms with Crippen molar-refractivity contribution in [3.8, 4) is 5.75 Å². The zero-order chi connectivity index (χ0) is 28.2. The van der Waals surface area contributed by atoms with Crippen molar-refractivity contribution in [2.75, 3.05) is 31.6 Å². The second-order valence-corrected chi connectivity index (χ2v) is 9.25. The van der Waals surface area contributed by atoms with Gasteiger partial charge in [0.2, 0.25) is 5.91 Å². The van der Waals surface area contributed by atoms with Gasteiger partial charge >= 0.3 is 6.18 Å². The summed E-state index contributed by atoms with van der Waals surface area (Å²) in [6, 6.07) is 11.3. The average Bonchev–Trinajstić information content (AvgIpc) is 3.29. The third kappa shape index (κ3) is 6.69. The van der Waals surface area contributed by atoms with Gasteiger partial charge in [0.25, 0.3) is 11.8 Å². The van der Waals surface area contributed by atoms with Gasteiger partial charge in [-0.3, -0.25) is 14.4 Å². The summed E-state index contributed by atoms with van der Waals surface area (Å²) in [4.78, 5) is 42.1. The number of alkyl halides is 3. The van der Waals surface area contributed by atoms with Crippen molar-refractivity contribution < 1.29 is 37.4 Å². The average molecular weight is 547 g/mol. The van der Waals surface area contributed by atoms with Gasteiger partial charge in [-0.05, 0) is 49.1 Å². The Morgan fingerprint density at radius 2 is 1.79 bits per heavy atom. The Morgan fingerprint density at radius 1 is 1.10 bits per heavy atom. The lowest BCUT2D eigenvalue weighted by atomic mass is 10.0. The number of aromatic nitrogens is 1. The van der Waals surface area contributed by atoms with Gasteiger partial charge in [-0.15, -0.1) is 0 Å². The lowest BCUT2D eigenvalue weighted by Gasteiger charge is -2.32. The first kappa shape index (κ1) is 28.0. The molecule has 0 spiro atoms. The van der Waals surface area contributed by atoms with Gasteiger partial charge in [0.15, 0.2) is 12.4 Å². The number of aryl methyl sites for hydroxylation is 1. The number of benzene rings is 2. The zero-order valence-electron chi connectivity index (χ0n) is 21.2. The number of H-pyrrole nitrogens is 1. The number of nitrogens with one attached hydrogen (secondary N) is 3. The molecule has 12 heteroatoms. The lowest BCUT2D eigenvalue weighted by molar-refractivity contribution is -0.153. The number of aliphatic hydroxyl groups is 1. The van der Waals surface area contributed by atoms with Crippen LogP contribution in [0.15, 0.2) is 42.5 Å². The van der Waals surface area contributed by atoms with E-state index in [1.165, 1.54) is 11.0 Å². The fraction of sp³-hybridized carbons (Fsp3) is 0.370. The van der Waals surface area contributed by atoms with E-state index in [2.05, 4.69) is 15.6 Å². The van der Waals surface area contributed by atoms with Crippen molar-refractivity contribution in [2.24, 2.45) is 0 Å². The van der Waals surface area contributed by atoms with Gasteiger partial charge in [-0.1, -0.05) is 25.1 Å². The first-order valence-corrected chi connectivity index (χ1v) is 12.5. The molecule has 4 rings (SSSR count). The number of carbonyl (C=O) groups excluding carboxylic acids is 3. The van der Waals surface area contributed by atoms with E-state index in [4.69, 9.17) is 9.84 Å². The van der Waals surface area contributed by atoms with Crippen LogP contribution in [0.2, 0.25) is 0 Å². The number of aliphatic hydroxyl groups excluding tert-OH is 1. The van der Waals surface area contributed by atoms with Gasteiger partial charge < -0.3 is 30.4 Å². The first-order chi connectivity index (χ1) is 18.6. The number of halogens is 3. The molecule has 2 aromatic carbocycles. The highest BCUT2D eigenvalue weighted by atomic mass is 19.4. The van der Waals surface area contributed by atoms with Crippen LogP contribution in [0.5, 0.6) is 5.75 Å². The Morgan fingerprint density at radius 3 is 2.41 bits per heavy atom. The topological polar surface area (TPSA) is 124 Å². The second kappa shape index (κ2) is 11.8. The molecule has 0 unspecified atom stereocenters. The zero-order valence-corrected chi connectivity index (χ0v) is 21.2. The van der Waals surface area contributed by atoms with Crippen molar-refractivity contribution in [3.05, 3.63) is 59.3 Å². The predicted octanol–water partition coefficient (Wildman–Crippen LogP) is 3.64. The third-order valence-electron chi connectivity index (χ3n) is 6.57. The van der Waals surface area contributed by atoms with Crippen molar-refractivity contribution in [1.82, 2.24) is 15.2 Å². The van der Waals surface area contributed by atoms with Crippen LogP contribution in [0.4, 0.5) is 18.9 Å². The summed E-state index contributed by atoms with van der Waals surface area (Å²) in [7, 11) is 0. The maximum absolute atomic E-state index is 13.2. The maximum Gasteiger partial charge on any atom is 0.422 e. The molecule has 39 heavy (non-hydrogen) atoms. The van der Waals surface area contributed by atoms with E-state index in [9.17, 15) is 27.6 Å². The highest BCUT2D eigenvalue weighted by Gasteiger charge is 2.32. The molecule has 0 aliphatic carbocycles. The lowest BCUT2D eigenvalue weighted by Crippen LogP contribution is -2.47. The molecule has 208 valence electrons. The van der Waals surface area contributed by atoms with Crippen LogP contribution < -0.4 is 15.4 Å². The van der Waals surface area contributed by atoms with E-state index in [0.29, 0.717) is 54.7 Å². The Balaban J connectivity index is 1.64. The van der Waals surface area contributed by atoms with Crippen LogP contribution in [0.25, 0.3) is 10.9 Å². The van der Waals surface area contributed by atoms with Crippen LogP contribution in [0.1, 0.15) is 46.2 Å². The number of amides is 3. The molecule has 0 radical (unpaired) electrons. The number of ether oxygens (including phenoxy) is 1. The van der Waals surface area contributed by atoms with Crippen LogP contribution in [-0.4, -0.2) is 71.2 Å². The van der Waals surface area contributed by atoms with Crippen LogP contribution in [-0.2, 0) is 11.2 Å². The molecular formula is C27H29F3N4O5. The first-order valence-electron chi connectivity index (χ1n) is 12.5. The smallest absolute Gasteiger partial charge is 0.422 e. The monoisotopic (exact) mass is 546 g/mol. The van der Waals surface area contributed by atoms with Crippen LogP contribution in [0, 0.1) is 0 Å². The van der Waals surface area contributed by atoms with Gasteiger partial charge in [0.05, 0.1) is 5.52 Å². The largest absolute Gasteiger partial charge is 0.481 e. The summed E-state index contributed by atoms with van der Waals surface area (Å²) in [5, 5.41) is 14.9. The van der Waals surface area contributed by atoms with E-state index in [-0.39, 0.29) is 28.8 Å². The number of piperidine rings is 1. The van der Waals surface area contributed by atoms with Crippen molar-refractivity contribution in [3.63, 3.8) is 0 Å². The standard InChI is InChI=1S/C27H29F3N4O5/c1-2-16-12-21-19(13-20(16)33-25(37)17-6-4-3-5-7-17)24(39-15-27(28,29)30)23(32-21)26(38)31-18-8-10-34(11-9-18)22(36)14-35/h3-7,12-13,18,32,35H,2,8-11,14-15H2,1H3,(H,31,38)(H,33,37). The SMILES string of the molecule is CCc1cc2[nH]c(C(=O)NC3CCN(C(=O)CO)CC3)c(OCC(F)(F)F)c2cc1NC(=O)c1ccccc1. The third-order valence-corrected chi connectivity index (χ3v) is 6.57. The molecule has 1 aromatic heterocycles. The molecule has 9 nitrogen and oxygen atoms in total. The fourth-order valence-electron chi connectivity index (χ4n) is 4.55. The minimum Gasteiger partial charge on any atom is -0.481 e. The molecule has 1 saturated heterocycles. The summed E-state index contributed by atoms with van der Waals surface area (Å²) in [6.45, 7) is 0.325. The number of hydrogen-bond donors (Lipinski definition) is 4. The molecular weight excluding hydrogens is 517 g/mol. The van der Waals surface area contributed by atoms with Gasteiger partial charge in [0.1, 0.15) is 12.3 Å². The Bertz CT molecular complexity index is 1350. The van der Waals surface area contributed by atoms with E-state index in [1.54, 1.807) is 36.4 Å². The van der Waals surface area contributed by atoms with E-state index >= 15 is 0 Å². The normalized spacial score (nSPS) is 14.3. The Hall–Kier alpha value is -4.06. The highest BCUT2D eigenvalue weighted by Crippen LogP contribution is 2.36. The number of aromatic amines is 1. The van der Waals surface area contributed by atoms with Crippen molar-refractivity contribution in [1.29, 1.82) is 0 Å². The quantitative estimate of drug-likeness (QED) is 0.344. The predicted molar refractivity (Wildman–Crippen MR) is 138 cm³/mol. The number of rotatable bonds is 8. The van der Waals surface area contributed by atoms with Gasteiger partial charge in [-0.25, -0.2) is 0 Å². The summed E-state index contributed by atoms with van der Waals surface area (Å²) < 4.78 is 44.4. The summed E-state index contributed by atoms with van der Waals surface area (Å²) in [5.74, 6) is -1.71. The Kier molecular flexibility index (Phi) is 8.44. The molecule has 3 aromatic rings. The summed E-state index contributed by atoms with van der Waals surface area (Å²) in [5.41, 5.74) is 1.73. The number of likely N-dealkylation sites (tertiary alicyclic amines) is 1. The number of fused-ring (bicyclic) bond motifs is 1. The molecule has 1 fully saturated rings. The van der Waals surface area contributed by atoms with E-state index in [0.717, 1.165) is 0 Å². The fourth-order valence-corrected chi connectivity index (χ4v) is 4.55. The van der Waals surface area contributed by atoms with Crippen molar-refractivity contribution in [2.45, 2.75) is 38.4 Å². The minimum atomic E-state index is -4.64. The van der Waals surface area contributed by atoms with E-state index in [1.807, 2.05) is 6.92 Å². The molecule has 4 N–H and O–H groups in total. The van der Waals surface area contributed by atoms with Crippen LogP contribution in [0.3, 0.4) is 0 Å². The molecule has 1 aliphatic heterocycles. The van der Waals surface area contributed by atoms with Crippen LogP contribution >= 0.6 is 0 Å². The molecule has 0 atom stereocenters. The molecule has 3 amide bonds.